The summed E-state index contributed by atoms with van der Waals surface area (Å²) in [6, 6.07) is 13.0. The number of hydrogen-bond acceptors (Lipinski definition) is 9. The molecule has 0 radical (unpaired) electrons. The van der Waals surface area contributed by atoms with Gasteiger partial charge in [0.05, 0.1) is 18.2 Å². The summed E-state index contributed by atoms with van der Waals surface area (Å²) < 4.78 is 11.4. The maximum Gasteiger partial charge on any atom is 0.335 e. The second-order valence-corrected chi connectivity index (χ2v) is 10.6. The molecule has 2 atom stereocenters. The zero-order valence-corrected chi connectivity index (χ0v) is 24.2. The van der Waals surface area contributed by atoms with Crippen LogP contribution in [0, 0.1) is 6.92 Å². The molecule has 1 heterocycles. The molecule has 0 aromatic heterocycles. The summed E-state index contributed by atoms with van der Waals surface area (Å²) in [6.45, 7) is 6.26. The van der Waals surface area contributed by atoms with E-state index in [1.807, 2.05) is 43.3 Å². The zero-order valence-electron chi connectivity index (χ0n) is 24.2. The second-order valence-electron chi connectivity index (χ2n) is 10.6. The molecule has 0 saturated carbocycles. The molecule has 43 heavy (non-hydrogen) atoms. The molecule has 11 nitrogen and oxygen atoms in total. The third-order valence-electron chi connectivity index (χ3n) is 7.88. The van der Waals surface area contributed by atoms with Gasteiger partial charge in [0, 0.05) is 24.4 Å². The number of fused-ring (bicyclic) bond motifs is 4. The number of hydrogen-bond donors (Lipinski definition) is 4. The number of Topliss-reactive ketones (excluding diaryl/α,β-unsaturated/α-hetero) is 1. The highest BCUT2D eigenvalue weighted by Gasteiger charge is 2.56. The van der Waals surface area contributed by atoms with Crippen molar-refractivity contribution in [2.45, 2.75) is 45.8 Å². The summed E-state index contributed by atoms with van der Waals surface area (Å²) in [6.07, 6.45) is -0.160. The highest BCUT2D eigenvalue weighted by atomic mass is 16.7. The Morgan fingerprint density at radius 1 is 1.14 bits per heavy atom. The highest BCUT2D eigenvalue weighted by molar-refractivity contribution is 6.31. The van der Waals surface area contributed by atoms with E-state index >= 15 is 0 Å². The first-order valence-corrected chi connectivity index (χ1v) is 13.4. The van der Waals surface area contributed by atoms with Crippen LogP contribution in [0.25, 0.3) is 10.8 Å². The number of carbonyl (C=O) groups is 4. The van der Waals surface area contributed by atoms with Crippen molar-refractivity contribution in [3.63, 3.8) is 0 Å². The first kappa shape index (κ1) is 29.3. The summed E-state index contributed by atoms with van der Waals surface area (Å²) >= 11 is 0. The van der Waals surface area contributed by atoms with Gasteiger partial charge in [0.25, 0.3) is 5.91 Å². The van der Waals surface area contributed by atoms with Crippen LogP contribution >= 0.6 is 0 Å². The van der Waals surface area contributed by atoms with Crippen LogP contribution in [-0.2, 0) is 31.2 Å². The number of phenols is 1. The van der Waals surface area contributed by atoms with E-state index < -0.39 is 35.0 Å². The predicted octanol–water partition coefficient (Wildman–Crippen LogP) is 3.75. The fourth-order valence-electron chi connectivity index (χ4n) is 5.44. The van der Waals surface area contributed by atoms with Gasteiger partial charge < -0.3 is 25.0 Å². The molecular weight excluding hydrogens is 556 g/mol. The maximum absolute atomic E-state index is 13.9. The van der Waals surface area contributed by atoms with Crippen molar-refractivity contribution in [2.24, 2.45) is 0 Å². The lowest BCUT2D eigenvalue weighted by molar-refractivity contribution is -0.152. The Morgan fingerprint density at radius 3 is 2.56 bits per heavy atom. The number of rotatable bonds is 8. The van der Waals surface area contributed by atoms with Gasteiger partial charge >= 0.3 is 5.97 Å². The molecular formula is C32H30N2O9. The average molecular weight is 587 g/mol. The molecule has 5 rings (SSSR count). The number of nitrogens with one attached hydrogen (secondary N) is 2. The molecule has 3 aromatic carbocycles. The van der Waals surface area contributed by atoms with E-state index in [1.165, 1.54) is 33.9 Å². The van der Waals surface area contributed by atoms with Crippen molar-refractivity contribution in [1.29, 1.82) is 0 Å². The molecule has 222 valence electrons. The maximum atomic E-state index is 13.9. The molecule has 1 aliphatic carbocycles. The van der Waals surface area contributed by atoms with Crippen LogP contribution in [0.15, 0.2) is 65.6 Å². The van der Waals surface area contributed by atoms with Crippen LogP contribution < -0.4 is 20.3 Å². The highest BCUT2D eigenvalue weighted by Crippen LogP contribution is 2.56. The van der Waals surface area contributed by atoms with E-state index in [0.717, 1.165) is 28.0 Å². The monoisotopic (exact) mass is 586 g/mol. The molecule has 0 spiro atoms. The quantitative estimate of drug-likeness (QED) is 0.174. The fraction of sp³-hybridized carbons (Fsp3) is 0.250. The number of hydroxylamine groups is 1. The van der Waals surface area contributed by atoms with Gasteiger partial charge in [0.15, 0.2) is 23.4 Å². The molecule has 0 fully saturated rings. The number of carbonyl (C=O) groups excluding carboxylic acids is 3. The normalized spacial score (nSPS) is 19.1. The standard InChI is InChI=1S/C32H30N2O9/c1-15-10-11-18-8-6-7-9-19(18)20(15)14-33-30(38)26-23(41-5)12-22(36)27-28(26)42-24-13-21(35)25(29(37)32(24,27)4)16(2)34-43-17(3)31(39)40/h6-13,17,34,36H,14H2,1-5H3,(H,33,38)(H,39,40)/t17?,32-/m1/s1. The second kappa shape index (κ2) is 10.9. The van der Waals surface area contributed by atoms with Crippen LogP contribution in [-0.4, -0.2) is 46.9 Å². The number of amides is 1. The number of methoxy groups -OCH3 is 1. The molecule has 1 amide bonds. The molecule has 4 N–H and O–H groups in total. The van der Waals surface area contributed by atoms with Gasteiger partial charge in [-0.05, 0) is 49.6 Å². The Hall–Kier alpha value is -5.16. The number of benzene rings is 3. The third kappa shape index (κ3) is 4.77. The Kier molecular flexibility index (Phi) is 7.45. The van der Waals surface area contributed by atoms with E-state index in [-0.39, 0.29) is 51.9 Å². The van der Waals surface area contributed by atoms with E-state index in [9.17, 15) is 24.3 Å². The molecule has 3 aromatic rings. The van der Waals surface area contributed by atoms with Gasteiger partial charge in [0.1, 0.15) is 28.2 Å². The average Bonchev–Trinajstić information content (AvgIpc) is 3.28. The molecule has 0 bridgehead atoms. The minimum absolute atomic E-state index is 0.00587. The number of aryl methyl sites for hydroxylation is 1. The summed E-state index contributed by atoms with van der Waals surface area (Å²) in [4.78, 5) is 56.9. The van der Waals surface area contributed by atoms with Gasteiger partial charge in [-0.15, -0.1) is 0 Å². The van der Waals surface area contributed by atoms with Crippen LogP contribution in [0.2, 0.25) is 0 Å². The number of phenolic OH excluding ortho intramolecular Hbond substituents is 1. The van der Waals surface area contributed by atoms with Crippen molar-refractivity contribution in [2.75, 3.05) is 7.11 Å². The Labute approximate surface area is 246 Å². The van der Waals surface area contributed by atoms with Crippen molar-refractivity contribution >= 4 is 34.2 Å². The predicted molar refractivity (Wildman–Crippen MR) is 155 cm³/mol. The molecule has 1 aliphatic heterocycles. The van der Waals surface area contributed by atoms with Crippen molar-refractivity contribution < 1.29 is 43.7 Å². The summed E-state index contributed by atoms with van der Waals surface area (Å²) in [5, 5.41) is 25.1. The Balaban J connectivity index is 1.54. The van der Waals surface area contributed by atoms with E-state index in [1.54, 1.807) is 0 Å². The SMILES string of the molecule is COc1cc(O)c2c(c1C(=O)NCc1c(C)ccc3ccccc13)OC1=CC(=O)C(=C(C)NOC(C)C(=O)O)C(=O)[C@]12C. The minimum atomic E-state index is -1.68. The Morgan fingerprint density at radius 2 is 1.86 bits per heavy atom. The summed E-state index contributed by atoms with van der Waals surface area (Å²) in [5.41, 5.74) is 2.19. The molecule has 11 heteroatoms. The molecule has 1 unspecified atom stereocenters. The number of allylic oxidation sites excluding steroid dienone is 4. The molecule has 0 saturated heterocycles. The van der Waals surface area contributed by atoms with Crippen molar-refractivity contribution in [3.05, 3.63) is 87.8 Å². The number of aliphatic carboxylic acids is 1. The van der Waals surface area contributed by atoms with Gasteiger partial charge in [-0.25, -0.2) is 4.79 Å². The van der Waals surface area contributed by atoms with E-state index in [4.69, 9.17) is 19.4 Å². The summed E-state index contributed by atoms with van der Waals surface area (Å²) in [7, 11) is 1.33. The third-order valence-corrected chi connectivity index (χ3v) is 7.88. The molecule has 2 aliphatic rings. The van der Waals surface area contributed by atoms with Gasteiger partial charge in [-0.1, -0.05) is 36.4 Å². The lowest BCUT2D eigenvalue weighted by Gasteiger charge is -2.28. The van der Waals surface area contributed by atoms with Gasteiger partial charge in [-0.2, -0.15) is 0 Å². The number of carboxylic acid groups (broad SMARTS) is 1. The number of ether oxygens (including phenoxy) is 2. The number of carboxylic acids is 1. The largest absolute Gasteiger partial charge is 0.507 e. The lowest BCUT2D eigenvalue weighted by atomic mass is 9.70. The van der Waals surface area contributed by atoms with Crippen LogP contribution in [0.1, 0.15) is 47.8 Å². The van der Waals surface area contributed by atoms with Gasteiger partial charge in [0.2, 0.25) is 0 Å². The summed E-state index contributed by atoms with van der Waals surface area (Å²) in [5.74, 6) is -3.82. The minimum Gasteiger partial charge on any atom is -0.507 e. The topological polar surface area (TPSA) is 160 Å². The van der Waals surface area contributed by atoms with Crippen LogP contribution in [0.3, 0.4) is 0 Å². The Bertz CT molecular complexity index is 1790. The lowest BCUT2D eigenvalue weighted by Crippen LogP contribution is -2.41. The van der Waals surface area contributed by atoms with Crippen LogP contribution in [0.5, 0.6) is 17.2 Å². The number of aromatic hydroxyl groups is 1. The van der Waals surface area contributed by atoms with E-state index in [2.05, 4.69) is 10.8 Å². The van der Waals surface area contributed by atoms with Crippen molar-refractivity contribution in [3.8, 4) is 17.2 Å². The first-order valence-electron chi connectivity index (χ1n) is 13.4. The van der Waals surface area contributed by atoms with Crippen molar-refractivity contribution in [1.82, 2.24) is 10.8 Å². The fourth-order valence-corrected chi connectivity index (χ4v) is 5.44. The van der Waals surface area contributed by atoms with Gasteiger partial charge in [-0.3, -0.25) is 24.7 Å². The zero-order chi connectivity index (χ0) is 31.2. The smallest absolute Gasteiger partial charge is 0.335 e. The van der Waals surface area contributed by atoms with E-state index in [0.29, 0.717) is 0 Å². The number of ketones is 2. The van der Waals surface area contributed by atoms with Crippen LogP contribution in [0.4, 0.5) is 0 Å². The first-order chi connectivity index (χ1) is 20.4.